The fraction of sp³-hybridized carbons (Fsp3) is 0.933. The summed E-state index contributed by atoms with van der Waals surface area (Å²) < 4.78 is 22.1. The van der Waals surface area contributed by atoms with E-state index in [2.05, 4.69) is 15.6 Å². The highest BCUT2D eigenvalue weighted by molar-refractivity contribution is 7.86. The largest absolute Gasteiger partial charge is 0.382 e. The molecule has 0 aromatic heterocycles. The van der Waals surface area contributed by atoms with E-state index in [1.807, 2.05) is 27.7 Å². The highest BCUT2D eigenvalue weighted by atomic mass is 32.2. The second-order valence-electron chi connectivity index (χ2n) is 5.81. The summed E-state index contributed by atoms with van der Waals surface area (Å²) >= 11 is 0. The van der Waals surface area contributed by atoms with Crippen molar-refractivity contribution in [3.8, 4) is 0 Å². The Hall–Kier alpha value is -0.660. The number of rotatable bonds is 11. The van der Waals surface area contributed by atoms with Crippen LogP contribution in [0.1, 0.15) is 34.1 Å². The molecule has 1 unspecified atom stereocenters. The molecule has 7 heteroatoms. The van der Waals surface area contributed by atoms with Gasteiger partial charge in [-0.3, -0.25) is 9.20 Å². The number of hydrogen-bond acceptors (Lipinski definition) is 4. The fourth-order valence-electron chi connectivity index (χ4n) is 1.51. The molecule has 2 N–H and O–H groups in total. The zero-order valence-electron chi connectivity index (χ0n) is 14.7. The van der Waals surface area contributed by atoms with Crippen molar-refractivity contribution in [1.82, 2.24) is 10.6 Å². The number of nitrogens with zero attached hydrogens (tertiary/aromatic N) is 1. The monoisotopic (exact) mass is 335 g/mol. The molecule has 0 heterocycles. The first-order chi connectivity index (χ1) is 10.4. The van der Waals surface area contributed by atoms with Gasteiger partial charge < -0.3 is 20.1 Å². The van der Waals surface area contributed by atoms with Crippen molar-refractivity contribution in [3.05, 3.63) is 0 Å². The Labute approximate surface area is 137 Å². The Morgan fingerprint density at radius 1 is 1.18 bits per heavy atom. The minimum atomic E-state index is -0.847. The van der Waals surface area contributed by atoms with E-state index in [9.17, 15) is 4.21 Å². The summed E-state index contributed by atoms with van der Waals surface area (Å²) in [5.74, 6) is 1.39. The first kappa shape index (κ1) is 21.3. The van der Waals surface area contributed by atoms with E-state index in [1.165, 1.54) is 0 Å². The van der Waals surface area contributed by atoms with Gasteiger partial charge in [-0.2, -0.15) is 0 Å². The zero-order valence-corrected chi connectivity index (χ0v) is 15.6. The van der Waals surface area contributed by atoms with Gasteiger partial charge in [0.05, 0.1) is 13.2 Å². The van der Waals surface area contributed by atoms with Crippen LogP contribution in [0.2, 0.25) is 0 Å². The maximum absolute atomic E-state index is 12.0. The molecule has 132 valence electrons. The standard InChI is InChI=1S/C15H33N3O3S/c1-6-16-14(17-8-7-10-21-12-11-20-5)18-9-13-22(19)15(2,3)4/h6-13H2,1-5H3,(H2,16,17,18). The summed E-state index contributed by atoms with van der Waals surface area (Å²) in [6, 6.07) is 0. The summed E-state index contributed by atoms with van der Waals surface area (Å²) in [6.07, 6.45) is 0.869. The number of ether oxygens (including phenoxy) is 2. The summed E-state index contributed by atoms with van der Waals surface area (Å²) in [4.78, 5) is 4.47. The van der Waals surface area contributed by atoms with Gasteiger partial charge in [-0.1, -0.05) is 0 Å². The third-order valence-electron chi connectivity index (χ3n) is 2.76. The van der Waals surface area contributed by atoms with Crippen LogP contribution in [0, 0.1) is 0 Å². The van der Waals surface area contributed by atoms with Gasteiger partial charge in [-0.15, -0.1) is 0 Å². The van der Waals surface area contributed by atoms with E-state index >= 15 is 0 Å². The molecule has 0 saturated carbocycles. The lowest BCUT2D eigenvalue weighted by Gasteiger charge is -2.18. The average Bonchev–Trinajstić information content (AvgIpc) is 2.45. The lowest BCUT2D eigenvalue weighted by atomic mass is 10.3. The van der Waals surface area contributed by atoms with Gasteiger partial charge in [0.25, 0.3) is 0 Å². The first-order valence-electron chi connectivity index (χ1n) is 7.89. The van der Waals surface area contributed by atoms with Crippen LogP contribution in [0.5, 0.6) is 0 Å². The zero-order chi connectivity index (χ0) is 16.8. The van der Waals surface area contributed by atoms with E-state index < -0.39 is 10.8 Å². The topological polar surface area (TPSA) is 72.0 Å². The molecule has 0 aliphatic carbocycles. The molecular weight excluding hydrogens is 302 g/mol. The SMILES string of the molecule is CCNC(=NCCCOCCOC)NCCS(=O)C(C)(C)C. The molecule has 0 bridgehead atoms. The van der Waals surface area contributed by atoms with Gasteiger partial charge in [0.15, 0.2) is 5.96 Å². The van der Waals surface area contributed by atoms with E-state index in [0.29, 0.717) is 38.7 Å². The van der Waals surface area contributed by atoms with Crippen molar-refractivity contribution in [2.45, 2.75) is 38.9 Å². The first-order valence-corrected chi connectivity index (χ1v) is 9.21. The summed E-state index contributed by atoms with van der Waals surface area (Å²) in [5, 5.41) is 6.41. The Morgan fingerprint density at radius 2 is 1.91 bits per heavy atom. The number of nitrogens with one attached hydrogen (secondary N) is 2. The van der Waals surface area contributed by atoms with E-state index in [4.69, 9.17) is 9.47 Å². The fourth-order valence-corrected chi connectivity index (χ4v) is 2.41. The van der Waals surface area contributed by atoms with Gasteiger partial charge in [0.2, 0.25) is 0 Å². The van der Waals surface area contributed by atoms with Crippen LogP contribution in [-0.2, 0) is 20.3 Å². The Morgan fingerprint density at radius 3 is 2.50 bits per heavy atom. The molecule has 0 saturated heterocycles. The Balaban J connectivity index is 3.93. The third kappa shape index (κ3) is 11.9. The van der Waals surface area contributed by atoms with Crippen LogP contribution in [-0.4, -0.2) is 67.2 Å². The summed E-state index contributed by atoms with van der Waals surface area (Å²) in [5.41, 5.74) is 0. The molecule has 0 spiro atoms. The Bertz CT molecular complexity index is 330. The number of hydrogen-bond donors (Lipinski definition) is 2. The Kier molecular flexibility index (Phi) is 12.5. The van der Waals surface area contributed by atoms with Crippen LogP contribution >= 0.6 is 0 Å². The van der Waals surface area contributed by atoms with Crippen molar-refractivity contribution in [2.24, 2.45) is 4.99 Å². The van der Waals surface area contributed by atoms with E-state index in [1.54, 1.807) is 7.11 Å². The van der Waals surface area contributed by atoms with Crippen LogP contribution in [0.15, 0.2) is 4.99 Å². The number of methoxy groups -OCH3 is 1. The van der Waals surface area contributed by atoms with Crippen LogP contribution in [0.25, 0.3) is 0 Å². The van der Waals surface area contributed by atoms with Crippen molar-refractivity contribution in [1.29, 1.82) is 0 Å². The van der Waals surface area contributed by atoms with E-state index in [0.717, 1.165) is 18.9 Å². The van der Waals surface area contributed by atoms with Gasteiger partial charge in [0.1, 0.15) is 0 Å². The predicted octanol–water partition coefficient (Wildman–Crippen LogP) is 1.14. The second kappa shape index (κ2) is 12.8. The highest BCUT2D eigenvalue weighted by Crippen LogP contribution is 2.10. The lowest BCUT2D eigenvalue weighted by molar-refractivity contribution is 0.0702. The molecule has 0 aliphatic heterocycles. The molecule has 0 rings (SSSR count). The maximum atomic E-state index is 12.0. The lowest BCUT2D eigenvalue weighted by Crippen LogP contribution is -2.40. The van der Waals surface area contributed by atoms with Crippen LogP contribution in [0.3, 0.4) is 0 Å². The molecule has 0 radical (unpaired) electrons. The van der Waals surface area contributed by atoms with Crippen molar-refractivity contribution >= 4 is 16.8 Å². The molecule has 6 nitrogen and oxygen atoms in total. The predicted molar refractivity (Wildman–Crippen MR) is 94.1 cm³/mol. The van der Waals surface area contributed by atoms with Gasteiger partial charge in [0, 0.05) is 54.7 Å². The summed E-state index contributed by atoms with van der Waals surface area (Å²) in [6.45, 7) is 12.1. The second-order valence-corrected chi connectivity index (χ2v) is 8.13. The normalized spacial score (nSPS) is 14.0. The van der Waals surface area contributed by atoms with Gasteiger partial charge in [-0.25, -0.2) is 0 Å². The van der Waals surface area contributed by atoms with Crippen molar-refractivity contribution in [2.75, 3.05) is 52.3 Å². The molecule has 0 aromatic carbocycles. The summed E-state index contributed by atoms with van der Waals surface area (Å²) in [7, 11) is 0.814. The molecule has 0 aliphatic rings. The van der Waals surface area contributed by atoms with Gasteiger partial charge >= 0.3 is 0 Å². The molecule has 1 atom stereocenters. The molecular formula is C15H33N3O3S. The van der Waals surface area contributed by atoms with Gasteiger partial charge in [-0.05, 0) is 34.1 Å². The van der Waals surface area contributed by atoms with E-state index in [-0.39, 0.29) is 4.75 Å². The van der Waals surface area contributed by atoms with Crippen molar-refractivity contribution < 1.29 is 13.7 Å². The smallest absolute Gasteiger partial charge is 0.191 e. The van der Waals surface area contributed by atoms with Crippen LogP contribution in [0.4, 0.5) is 0 Å². The molecule has 22 heavy (non-hydrogen) atoms. The van der Waals surface area contributed by atoms with Crippen LogP contribution < -0.4 is 10.6 Å². The minimum Gasteiger partial charge on any atom is -0.382 e. The number of aliphatic imine (C=N–C) groups is 1. The average molecular weight is 336 g/mol. The quantitative estimate of drug-likeness (QED) is 0.337. The molecule has 0 aromatic rings. The minimum absolute atomic E-state index is 0.170. The highest BCUT2D eigenvalue weighted by Gasteiger charge is 2.18. The maximum Gasteiger partial charge on any atom is 0.191 e. The van der Waals surface area contributed by atoms with Crippen molar-refractivity contribution in [3.63, 3.8) is 0 Å². The third-order valence-corrected chi connectivity index (χ3v) is 4.70. The molecule has 0 fully saturated rings. The molecule has 0 amide bonds. The number of guanidine groups is 1.